The fourth-order valence-electron chi connectivity index (χ4n) is 2.75. The molecule has 1 aromatic heterocycles. The maximum Gasteiger partial charge on any atom is 0.292 e. The summed E-state index contributed by atoms with van der Waals surface area (Å²) in [6, 6.07) is 7.02. The van der Waals surface area contributed by atoms with Gasteiger partial charge in [0.05, 0.1) is 11.0 Å². The summed E-state index contributed by atoms with van der Waals surface area (Å²) in [5, 5.41) is 17.7. The van der Waals surface area contributed by atoms with Crippen molar-refractivity contribution in [2.24, 2.45) is 0 Å². The van der Waals surface area contributed by atoms with E-state index in [1.165, 1.54) is 6.07 Å². The number of ether oxygens (including phenoxy) is 1. The third kappa shape index (κ3) is 3.40. The highest BCUT2D eigenvalue weighted by Gasteiger charge is 2.23. The smallest absolute Gasteiger partial charge is 0.292 e. The summed E-state index contributed by atoms with van der Waals surface area (Å²) in [6.07, 6.45) is 2.57. The largest absolute Gasteiger partial charge is 0.475 e. The highest BCUT2D eigenvalue weighted by molar-refractivity contribution is 5.77. The Hall–Kier alpha value is -2.83. The first kappa shape index (κ1) is 16.0. The Morgan fingerprint density at radius 2 is 2.21 bits per heavy atom. The average molecular weight is 328 g/mol. The van der Waals surface area contributed by atoms with Crippen molar-refractivity contribution in [2.75, 3.05) is 17.2 Å². The molecule has 2 heterocycles. The van der Waals surface area contributed by atoms with Gasteiger partial charge in [0.1, 0.15) is 5.69 Å². The molecule has 0 fully saturated rings. The Balaban J connectivity index is 1.77. The number of nitrogens with one attached hydrogen (secondary N) is 2. The minimum atomic E-state index is -0.348. The molecule has 1 aliphatic rings. The quantitative estimate of drug-likeness (QED) is 0.624. The van der Waals surface area contributed by atoms with Gasteiger partial charge in [0.15, 0.2) is 0 Å². The van der Waals surface area contributed by atoms with Crippen LogP contribution in [-0.2, 0) is 13.0 Å². The Kier molecular flexibility index (Phi) is 4.50. The van der Waals surface area contributed by atoms with Crippen LogP contribution < -0.4 is 15.4 Å². The lowest BCUT2D eigenvalue weighted by molar-refractivity contribution is -0.384. The van der Waals surface area contributed by atoms with E-state index in [0.29, 0.717) is 18.1 Å². The monoisotopic (exact) mass is 328 g/mol. The first-order valence-corrected chi connectivity index (χ1v) is 7.94. The summed E-state index contributed by atoms with van der Waals surface area (Å²) in [4.78, 5) is 15.2. The molecule has 0 aliphatic carbocycles. The second-order valence-corrected chi connectivity index (χ2v) is 5.94. The van der Waals surface area contributed by atoms with Crippen LogP contribution in [0.2, 0.25) is 0 Å². The summed E-state index contributed by atoms with van der Waals surface area (Å²) < 4.78 is 5.51. The second kappa shape index (κ2) is 6.74. The van der Waals surface area contributed by atoms with E-state index in [2.05, 4.69) is 15.6 Å². The number of fused-ring (bicyclic) bond motifs is 1. The first-order valence-electron chi connectivity index (χ1n) is 7.94. The SMILES string of the molecule is CC(C)Oc1ccc(CNc2c([N+](=O)[O-])ccc3c2CCN3)cn1. The number of anilines is 2. The van der Waals surface area contributed by atoms with Crippen LogP contribution in [0.15, 0.2) is 30.5 Å². The Labute approximate surface area is 140 Å². The number of nitro groups is 1. The van der Waals surface area contributed by atoms with Gasteiger partial charge in [-0.2, -0.15) is 0 Å². The second-order valence-electron chi connectivity index (χ2n) is 5.94. The summed E-state index contributed by atoms with van der Waals surface area (Å²) in [5.74, 6) is 0.574. The zero-order chi connectivity index (χ0) is 17.1. The Morgan fingerprint density at radius 1 is 1.38 bits per heavy atom. The summed E-state index contributed by atoms with van der Waals surface area (Å²) in [5.41, 5.74) is 3.55. The van der Waals surface area contributed by atoms with Crippen molar-refractivity contribution in [3.63, 3.8) is 0 Å². The van der Waals surface area contributed by atoms with E-state index in [9.17, 15) is 10.1 Å². The van der Waals surface area contributed by atoms with Gasteiger partial charge >= 0.3 is 0 Å². The predicted molar refractivity (Wildman–Crippen MR) is 92.6 cm³/mol. The van der Waals surface area contributed by atoms with Crippen LogP contribution >= 0.6 is 0 Å². The van der Waals surface area contributed by atoms with Gasteiger partial charge in [0.25, 0.3) is 5.69 Å². The molecule has 0 saturated heterocycles. The lowest BCUT2D eigenvalue weighted by Gasteiger charge is -2.12. The van der Waals surface area contributed by atoms with Gasteiger partial charge in [-0.15, -0.1) is 0 Å². The van der Waals surface area contributed by atoms with Gasteiger partial charge in [-0.1, -0.05) is 6.07 Å². The third-order valence-corrected chi connectivity index (χ3v) is 3.80. The molecule has 0 spiro atoms. The molecule has 2 N–H and O–H groups in total. The number of nitrogens with zero attached hydrogens (tertiary/aromatic N) is 2. The highest BCUT2D eigenvalue weighted by atomic mass is 16.6. The van der Waals surface area contributed by atoms with Crippen molar-refractivity contribution in [3.05, 3.63) is 51.7 Å². The number of benzene rings is 1. The van der Waals surface area contributed by atoms with Crippen LogP contribution in [0, 0.1) is 10.1 Å². The minimum absolute atomic E-state index is 0.0727. The maximum atomic E-state index is 11.3. The molecule has 0 unspecified atom stereocenters. The fourth-order valence-corrected chi connectivity index (χ4v) is 2.75. The molecular formula is C17H20N4O3. The molecular weight excluding hydrogens is 308 g/mol. The van der Waals surface area contributed by atoms with E-state index >= 15 is 0 Å². The van der Waals surface area contributed by atoms with Crippen molar-refractivity contribution >= 4 is 17.1 Å². The van der Waals surface area contributed by atoms with Crippen molar-refractivity contribution in [2.45, 2.75) is 32.9 Å². The van der Waals surface area contributed by atoms with Gasteiger partial charge in [-0.25, -0.2) is 4.98 Å². The maximum absolute atomic E-state index is 11.3. The van der Waals surface area contributed by atoms with Crippen LogP contribution in [0.4, 0.5) is 17.1 Å². The molecule has 3 rings (SSSR count). The predicted octanol–water partition coefficient (Wildman–Crippen LogP) is 3.36. The molecule has 0 atom stereocenters. The minimum Gasteiger partial charge on any atom is -0.475 e. The fraction of sp³-hybridized carbons (Fsp3) is 0.353. The lowest BCUT2D eigenvalue weighted by Crippen LogP contribution is -2.08. The standard InChI is InChI=1S/C17H20N4O3/c1-11(2)24-16-6-3-12(9-19-16)10-20-17-13-7-8-18-14(13)4-5-15(17)21(22)23/h3-6,9,11,18,20H,7-8,10H2,1-2H3. The topological polar surface area (TPSA) is 89.3 Å². The van der Waals surface area contributed by atoms with Crippen LogP contribution in [-0.4, -0.2) is 22.6 Å². The average Bonchev–Trinajstić information content (AvgIpc) is 3.02. The van der Waals surface area contributed by atoms with Gasteiger partial charge in [0, 0.05) is 42.7 Å². The van der Waals surface area contributed by atoms with E-state index < -0.39 is 0 Å². The molecule has 24 heavy (non-hydrogen) atoms. The molecule has 7 nitrogen and oxygen atoms in total. The van der Waals surface area contributed by atoms with Crippen LogP contribution in [0.5, 0.6) is 5.88 Å². The van der Waals surface area contributed by atoms with Crippen molar-refractivity contribution in [3.8, 4) is 5.88 Å². The number of hydrogen-bond acceptors (Lipinski definition) is 6. The van der Waals surface area contributed by atoms with E-state index in [1.54, 1.807) is 12.3 Å². The molecule has 0 bridgehead atoms. The van der Waals surface area contributed by atoms with Crippen molar-refractivity contribution in [1.82, 2.24) is 4.98 Å². The van der Waals surface area contributed by atoms with Gasteiger partial charge in [-0.3, -0.25) is 10.1 Å². The zero-order valence-electron chi connectivity index (χ0n) is 13.7. The Morgan fingerprint density at radius 3 is 2.88 bits per heavy atom. The van der Waals surface area contributed by atoms with Gasteiger partial charge in [0.2, 0.25) is 5.88 Å². The van der Waals surface area contributed by atoms with Gasteiger partial charge < -0.3 is 15.4 Å². The molecule has 2 aromatic rings. The van der Waals surface area contributed by atoms with E-state index in [1.807, 2.05) is 26.0 Å². The molecule has 1 aliphatic heterocycles. The van der Waals surface area contributed by atoms with E-state index in [-0.39, 0.29) is 16.7 Å². The summed E-state index contributed by atoms with van der Waals surface area (Å²) >= 11 is 0. The van der Waals surface area contributed by atoms with Crippen molar-refractivity contribution in [1.29, 1.82) is 0 Å². The summed E-state index contributed by atoms with van der Waals surface area (Å²) in [7, 11) is 0. The van der Waals surface area contributed by atoms with Crippen LogP contribution in [0.1, 0.15) is 25.0 Å². The Bertz CT molecular complexity index is 744. The van der Waals surface area contributed by atoms with E-state index in [0.717, 1.165) is 29.8 Å². The van der Waals surface area contributed by atoms with E-state index in [4.69, 9.17) is 4.74 Å². The number of hydrogen-bond donors (Lipinski definition) is 2. The van der Waals surface area contributed by atoms with Gasteiger partial charge in [-0.05, 0) is 31.9 Å². The zero-order valence-corrected chi connectivity index (χ0v) is 13.7. The van der Waals surface area contributed by atoms with Crippen LogP contribution in [0.3, 0.4) is 0 Å². The highest BCUT2D eigenvalue weighted by Crippen LogP contribution is 2.37. The summed E-state index contributed by atoms with van der Waals surface area (Å²) in [6.45, 7) is 5.15. The van der Waals surface area contributed by atoms with Crippen molar-refractivity contribution < 1.29 is 9.66 Å². The molecule has 0 amide bonds. The third-order valence-electron chi connectivity index (χ3n) is 3.80. The number of rotatable bonds is 6. The lowest BCUT2D eigenvalue weighted by atomic mass is 10.1. The molecule has 126 valence electrons. The molecule has 0 radical (unpaired) electrons. The number of nitro benzene ring substituents is 1. The number of pyridine rings is 1. The van der Waals surface area contributed by atoms with Crippen LogP contribution in [0.25, 0.3) is 0 Å². The molecule has 0 saturated carbocycles. The number of aromatic nitrogens is 1. The normalized spacial score (nSPS) is 12.6. The molecule has 1 aromatic carbocycles. The molecule has 7 heteroatoms. The first-order chi connectivity index (χ1) is 11.5.